The quantitative estimate of drug-likeness (QED) is 0.572. The minimum Gasteiger partial charge on any atom is -0.351 e. The highest BCUT2D eigenvalue weighted by molar-refractivity contribution is 6.06. The molecular formula is C22H22N4O. The molecule has 2 N–H and O–H groups in total. The second kappa shape index (κ2) is 7.21. The van der Waals surface area contributed by atoms with Gasteiger partial charge in [0.05, 0.1) is 11.1 Å². The van der Waals surface area contributed by atoms with Gasteiger partial charge in [-0.1, -0.05) is 48.5 Å². The van der Waals surface area contributed by atoms with E-state index in [9.17, 15) is 4.79 Å². The van der Waals surface area contributed by atoms with E-state index in [0.29, 0.717) is 17.6 Å². The van der Waals surface area contributed by atoms with Crippen LogP contribution in [0.15, 0.2) is 60.7 Å². The SMILES string of the molecule is CN(C)CCNC(=O)c1cccc2[nH]c(-c3cccc4ccccc34)nc12. The van der Waals surface area contributed by atoms with Gasteiger partial charge in [-0.05, 0) is 37.0 Å². The predicted molar refractivity (Wildman–Crippen MR) is 110 cm³/mol. The monoisotopic (exact) mass is 358 g/mol. The number of para-hydroxylation sites is 1. The lowest BCUT2D eigenvalue weighted by Crippen LogP contribution is -2.31. The largest absolute Gasteiger partial charge is 0.351 e. The van der Waals surface area contributed by atoms with Crippen LogP contribution in [0.4, 0.5) is 0 Å². The van der Waals surface area contributed by atoms with E-state index in [1.54, 1.807) is 0 Å². The number of nitrogens with one attached hydrogen (secondary N) is 2. The maximum absolute atomic E-state index is 12.6. The van der Waals surface area contributed by atoms with Gasteiger partial charge in [0.2, 0.25) is 0 Å². The van der Waals surface area contributed by atoms with Gasteiger partial charge in [0.1, 0.15) is 11.3 Å². The Balaban J connectivity index is 1.73. The van der Waals surface area contributed by atoms with Crippen LogP contribution in [0.25, 0.3) is 33.2 Å². The Labute approximate surface area is 158 Å². The van der Waals surface area contributed by atoms with Crippen molar-refractivity contribution in [2.75, 3.05) is 27.2 Å². The smallest absolute Gasteiger partial charge is 0.253 e. The molecule has 27 heavy (non-hydrogen) atoms. The lowest BCUT2D eigenvalue weighted by Gasteiger charge is -2.10. The highest BCUT2D eigenvalue weighted by atomic mass is 16.1. The Morgan fingerprint density at radius 3 is 2.67 bits per heavy atom. The minimum absolute atomic E-state index is 0.0987. The summed E-state index contributed by atoms with van der Waals surface area (Å²) in [5.41, 5.74) is 3.18. The van der Waals surface area contributed by atoms with E-state index in [4.69, 9.17) is 4.98 Å². The molecule has 0 saturated carbocycles. The van der Waals surface area contributed by atoms with Crippen molar-refractivity contribution in [3.63, 3.8) is 0 Å². The van der Waals surface area contributed by atoms with Crippen molar-refractivity contribution in [2.45, 2.75) is 0 Å². The highest BCUT2D eigenvalue weighted by Crippen LogP contribution is 2.29. The Morgan fingerprint density at radius 1 is 1.04 bits per heavy atom. The molecule has 0 unspecified atom stereocenters. The van der Waals surface area contributed by atoms with Gasteiger partial charge >= 0.3 is 0 Å². The van der Waals surface area contributed by atoms with Crippen molar-refractivity contribution >= 4 is 27.7 Å². The molecule has 4 rings (SSSR count). The second-order valence-electron chi connectivity index (χ2n) is 6.87. The van der Waals surface area contributed by atoms with Crippen molar-refractivity contribution in [1.82, 2.24) is 20.2 Å². The number of hydrogen-bond acceptors (Lipinski definition) is 3. The molecule has 1 amide bonds. The Morgan fingerprint density at radius 2 is 1.81 bits per heavy atom. The molecule has 0 saturated heterocycles. The van der Waals surface area contributed by atoms with Crippen molar-refractivity contribution in [1.29, 1.82) is 0 Å². The van der Waals surface area contributed by atoms with Crippen molar-refractivity contribution < 1.29 is 4.79 Å². The van der Waals surface area contributed by atoms with Gasteiger partial charge in [-0.25, -0.2) is 4.98 Å². The van der Waals surface area contributed by atoms with E-state index in [2.05, 4.69) is 34.6 Å². The summed E-state index contributed by atoms with van der Waals surface area (Å²) in [6.07, 6.45) is 0. The van der Waals surface area contributed by atoms with Crippen LogP contribution in [0.3, 0.4) is 0 Å². The van der Waals surface area contributed by atoms with Gasteiger partial charge in [0.15, 0.2) is 0 Å². The van der Waals surface area contributed by atoms with Crippen molar-refractivity contribution in [3.8, 4) is 11.4 Å². The first-order valence-electron chi connectivity index (χ1n) is 9.03. The van der Waals surface area contributed by atoms with E-state index in [1.165, 1.54) is 0 Å². The number of benzene rings is 3. The number of carbonyl (C=O) groups is 1. The fourth-order valence-corrected chi connectivity index (χ4v) is 3.26. The van der Waals surface area contributed by atoms with E-state index < -0.39 is 0 Å². The molecule has 0 aliphatic rings. The number of hydrogen-bond donors (Lipinski definition) is 2. The lowest BCUT2D eigenvalue weighted by atomic mass is 10.0. The van der Waals surface area contributed by atoms with Gasteiger partial charge in [-0.15, -0.1) is 0 Å². The Hall–Kier alpha value is -3.18. The average molecular weight is 358 g/mol. The van der Waals surface area contributed by atoms with Gasteiger partial charge in [0.25, 0.3) is 5.91 Å². The number of H-pyrrole nitrogens is 1. The molecule has 4 aromatic rings. The summed E-state index contributed by atoms with van der Waals surface area (Å²) in [5.74, 6) is 0.675. The zero-order chi connectivity index (χ0) is 18.8. The van der Waals surface area contributed by atoms with E-state index >= 15 is 0 Å². The molecule has 1 aromatic heterocycles. The van der Waals surface area contributed by atoms with Crippen LogP contribution in [0.1, 0.15) is 10.4 Å². The van der Waals surface area contributed by atoms with Crippen LogP contribution >= 0.6 is 0 Å². The van der Waals surface area contributed by atoms with Crippen molar-refractivity contribution in [3.05, 3.63) is 66.2 Å². The number of aromatic nitrogens is 2. The second-order valence-corrected chi connectivity index (χ2v) is 6.87. The van der Waals surface area contributed by atoms with Crippen LogP contribution in [0.5, 0.6) is 0 Å². The van der Waals surface area contributed by atoms with Crippen LogP contribution in [-0.2, 0) is 0 Å². The summed E-state index contributed by atoms with van der Waals surface area (Å²) < 4.78 is 0. The number of fused-ring (bicyclic) bond motifs is 2. The number of amides is 1. The third-order valence-corrected chi connectivity index (χ3v) is 4.65. The summed E-state index contributed by atoms with van der Waals surface area (Å²) in [6, 6.07) is 20.1. The maximum atomic E-state index is 12.6. The summed E-state index contributed by atoms with van der Waals surface area (Å²) in [4.78, 5) is 22.8. The summed E-state index contributed by atoms with van der Waals surface area (Å²) in [5, 5.41) is 5.27. The topological polar surface area (TPSA) is 61.0 Å². The lowest BCUT2D eigenvalue weighted by molar-refractivity contribution is 0.0952. The molecule has 0 bridgehead atoms. The standard InChI is InChI=1S/C22H22N4O/c1-26(2)14-13-23-22(27)18-11-6-12-19-20(18)25-21(24-19)17-10-5-8-15-7-3-4-9-16(15)17/h3-12H,13-14H2,1-2H3,(H,23,27)(H,24,25). The summed E-state index contributed by atoms with van der Waals surface area (Å²) >= 11 is 0. The third kappa shape index (κ3) is 3.41. The van der Waals surface area contributed by atoms with E-state index in [1.807, 2.05) is 55.4 Å². The van der Waals surface area contributed by atoms with Gasteiger partial charge in [-0.3, -0.25) is 4.79 Å². The average Bonchev–Trinajstić information content (AvgIpc) is 3.11. The number of carbonyl (C=O) groups excluding carboxylic acids is 1. The predicted octanol–water partition coefficient (Wildman–Crippen LogP) is 3.67. The molecule has 0 fully saturated rings. The summed E-state index contributed by atoms with van der Waals surface area (Å²) in [7, 11) is 3.97. The number of rotatable bonds is 5. The van der Waals surface area contributed by atoms with Crippen molar-refractivity contribution in [2.24, 2.45) is 0 Å². The minimum atomic E-state index is -0.0987. The number of aromatic amines is 1. The molecule has 5 nitrogen and oxygen atoms in total. The van der Waals surface area contributed by atoms with Crippen LogP contribution in [-0.4, -0.2) is 48.0 Å². The van der Waals surface area contributed by atoms with Gasteiger partial charge in [-0.2, -0.15) is 0 Å². The van der Waals surface area contributed by atoms with Gasteiger partial charge in [0, 0.05) is 18.7 Å². The molecule has 5 heteroatoms. The highest BCUT2D eigenvalue weighted by Gasteiger charge is 2.15. The third-order valence-electron chi connectivity index (χ3n) is 4.65. The van der Waals surface area contributed by atoms with Gasteiger partial charge < -0.3 is 15.2 Å². The van der Waals surface area contributed by atoms with E-state index in [-0.39, 0.29) is 5.91 Å². The molecule has 136 valence electrons. The zero-order valence-corrected chi connectivity index (χ0v) is 15.5. The van der Waals surface area contributed by atoms with Crippen LogP contribution < -0.4 is 5.32 Å². The number of likely N-dealkylation sites (N-methyl/N-ethyl adjacent to an activating group) is 1. The first-order chi connectivity index (χ1) is 13.1. The van der Waals surface area contributed by atoms with Crippen LogP contribution in [0.2, 0.25) is 0 Å². The molecular weight excluding hydrogens is 336 g/mol. The van der Waals surface area contributed by atoms with E-state index in [0.717, 1.165) is 34.2 Å². The normalized spacial score (nSPS) is 11.4. The first kappa shape index (κ1) is 17.2. The molecule has 0 radical (unpaired) electrons. The maximum Gasteiger partial charge on any atom is 0.253 e. The molecule has 1 heterocycles. The zero-order valence-electron chi connectivity index (χ0n) is 15.5. The molecule has 0 aliphatic carbocycles. The molecule has 3 aromatic carbocycles. The first-order valence-corrected chi connectivity index (χ1v) is 9.03. The van der Waals surface area contributed by atoms with Crippen LogP contribution in [0, 0.1) is 0 Å². The fourth-order valence-electron chi connectivity index (χ4n) is 3.26. The number of imidazole rings is 1. The molecule has 0 atom stereocenters. The summed E-state index contributed by atoms with van der Waals surface area (Å²) in [6.45, 7) is 1.40. The number of nitrogens with zero attached hydrogens (tertiary/aromatic N) is 2. The molecule has 0 spiro atoms. The Bertz CT molecular complexity index is 1110. The Kier molecular flexibility index (Phi) is 4.60. The fraction of sp³-hybridized carbons (Fsp3) is 0.182. The molecule has 0 aliphatic heterocycles.